The first kappa shape index (κ1) is 49.8. The third kappa shape index (κ3) is 11.8. The van der Waals surface area contributed by atoms with Gasteiger partial charge in [-0.3, -0.25) is 4.55 Å². The summed E-state index contributed by atoms with van der Waals surface area (Å²) in [7, 11) is -22.0. The molecule has 0 unspecified atom stereocenters. The van der Waals surface area contributed by atoms with Gasteiger partial charge in [-0.05, 0) is 124 Å². The van der Waals surface area contributed by atoms with Gasteiger partial charge in [0, 0.05) is 0 Å². The summed E-state index contributed by atoms with van der Waals surface area (Å²) in [5.41, 5.74) is -1.49. The van der Waals surface area contributed by atoms with E-state index in [4.69, 9.17) is 29.7 Å². The Morgan fingerprint density at radius 1 is 0.439 bits per heavy atom. The molecule has 0 bridgehead atoms. The predicted molar refractivity (Wildman–Crippen MR) is 238 cm³/mol. The van der Waals surface area contributed by atoms with Crippen LogP contribution in [0.1, 0.15) is 22.3 Å². The normalized spacial score (nSPS) is 13.7. The zero-order valence-corrected chi connectivity index (χ0v) is 39.4. The van der Waals surface area contributed by atoms with Crippen molar-refractivity contribution in [3.8, 4) is 34.1 Å². The number of hydrogen-bond donors (Lipinski definition) is 1. The highest BCUT2D eigenvalue weighted by Crippen LogP contribution is 2.57. The Morgan fingerprint density at radius 3 is 1.08 bits per heavy atom. The van der Waals surface area contributed by atoms with Crippen LogP contribution in [0.15, 0.2) is 154 Å². The highest BCUT2D eigenvalue weighted by Gasteiger charge is 2.48. The first-order valence-electron chi connectivity index (χ1n) is 18.4. The average Bonchev–Trinajstić information content (AvgIpc) is 3.47. The maximum absolute atomic E-state index is 12.0. The summed E-state index contributed by atoms with van der Waals surface area (Å²) in [6.45, 7) is 0. The SMILES string of the molecule is CS(=O)(=O)Oc1ccc([S+](c2ccc(OS(C)(=O)=O)cc2)c2ccc3c(c2)C(c2ccc(OS(C)(=O)=O)cc2)(c2ccc(OS(C)(=O)=O)cc2)c2ccccc2-3)cc1.O=S(=O)(O)C(F)(F)F. The molecule has 6 aromatic rings. The van der Waals surface area contributed by atoms with Gasteiger partial charge < -0.3 is 16.7 Å². The first-order valence-corrected chi connectivity index (χ1v) is 28.4. The quantitative estimate of drug-likeness (QED) is 0.0537. The van der Waals surface area contributed by atoms with Gasteiger partial charge in [-0.2, -0.15) is 55.3 Å². The molecule has 7 rings (SSSR count). The standard InChI is InChI=1S/C41H35O12S5.CHF3O3S/c1-55(42,43)50-30-13-9-28(10-14-30)41(29-11-15-31(16-12-29)51-56(2,44)45)39-8-6-5-7-37(39)38-26-25-36(27-40(38)41)54(34-21-17-32(18-22-34)52-57(3,46)47)35-23-19-33(20-24-35)53-58(4,48)49;2-1(3,4)8(5,6)7/h5-27H,1-4H3;(H,5,6,7)/q+1;. The van der Waals surface area contributed by atoms with Gasteiger partial charge in [-0.1, -0.05) is 48.5 Å². The molecule has 0 saturated carbocycles. The van der Waals surface area contributed by atoms with Gasteiger partial charge in [-0.15, -0.1) is 0 Å². The third-order valence-electron chi connectivity index (χ3n) is 9.23. The van der Waals surface area contributed by atoms with Crippen LogP contribution in [0.5, 0.6) is 23.0 Å². The van der Waals surface area contributed by atoms with E-state index in [9.17, 15) is 46.8 Å². The minimum absolute atomic E-state index is 0.117. The largest absolute Gasteiger partial charge is 0.522 e. The van der Waals surface area contributed by atoms with Gasteiger partial charge in [0.1, 0.15) is 23.0 Å². The molecule has 0 amide bonds. The number of halogens is 3. The predicted octanol–water partition coefficient (Wildman–Crippen LogP) is 6.89. The lowest BCUT2D eigenvalue weighted by Crippen LogP contribution is -2.29. The Labute approximate surface area is 382 Å². The van der Waals surface area contributed by atoms with Gasteiger partial charge in [0.15, 0.2) is 14.7 Å². The molecule has 0 aliphatic heterocycles. The number of rotatable bonds is 13. The lowest BCUT2D eigenvalue weighted by molar-refractivity contribution is -0.0510. The van der Waals surface area contributed by atoms with Crippen LogP contribution in [0.25, 0.3) is 11.1 Å². The molecule has 0 heterocycles. The molecule has 1 aliphatic rings. The molecule has 0 fully saturated rings. The summed E-state index contributed by atoms with van der Waals surface area (Å²) in [6.07, 6.45) is 3.84. The summed E-state index contributed by atoms with van der Waals surface area (Å²) >= 11 is 0. The Kier molecular flexibility index (Phi) is 13.7. The highest BCUT2D eigenvalue weighted by molar-refractivity contribution is 7.97. The van der Waals surface area contributed by atoms with Gasteiger partial charge in [-0.25, -0.2) is 0 Å². The van der Waals surface area contributed by atoms with E-state index in [1.165, 1.54) is 0 Å². The van der Waals surface area contributed by atoms with E-state index in [1.807, 2.05) is 36.4 Å². The lowest BCUT2D eigenvalue weighted by atomic mass is 9.67. The molecule has 15 nitrogen and oxygen atoms in total. The number of fused-ring (bicyclic) bond motifs is 3. The van der Waals surface area contributed by atoms with Crippen LogP contribution < -0.4 is 16.7 Å². The Bertz CT molecular complexity index is 3190. The van der Waals surface area contributed by atoms with Crippen LogP contribution >= 0.6 is 0 Å². The maximum Gasteiger partial charge on any atom is 0.522 e. The van der Waals surface area contributed by atoms with Crippen molar-refractivity contribution in [2.24, 2.45) is 0 Å². The van der Waals surface area contributed by atoms with Crippen molar-refractivity contribution in [3.05, 3.63) is 162 Å². The van der Waals surface area contributed by atoms with Crippen molar-refractivity contribution in [3.63, 3.8) is 0 Å². The van der Waals surface area contributed by atoms with Gasteiger partial charge in [0.05, 0.1) is 41.3 Å². The molecule has 0 aromatic heterocycles. The summed E-state index contributed by atoms with van der Waals surface area (Å²) in [5, 5.41) is 0. The van der Waals surface area contributed by atoms with E-state index in [2.05, 4.69) is 6.07 Å². The van der Waals surface area contributed by atoms with Crippen molar-refractivity contribution in [2.45, 2.75) is 25.6 Å². The van der Waals surface area contributed by atoms with E-state index in [0.717, 1.165) is 73.1 Å². The first-order chi connectivity index (χ1) is 30.4. The van der Waals surface area contributed by atoms with Gasteiger partial charge in [0.25, 0.3) is 0 Å². The fraction of sp³-hybridized carbons (Fsp3) is 0.143. The molecule has 0 saturated heterocycles. The molecule has 1 N–H and O–H groups in total. The Balaban J connectivity index is 0.000000824. The zero-order chi connectivity index (χ0) is 48.7. The van der Waals surface area contributed by atoms with E-state index in [1.54, 1.807) is 97.1 Å². The molecule has 6 aromatic carbocycles. The Hall–Kier alpha value is -5.63. The minimum atomic E-state index is -5.84. The molecule has 1 aliphatic carbocycles. The van der Waals surface area contributed by atoms with E-state index >= 15 is 0 Å². The molecule has 0 radical (unpaired) electrons. The van der Waals surface area contributed by atoms with Crippen molar-refractivity contribution < 1.29 is 76.5 Å². The van der Waals surface area contributed by atoms with E-state index < -0.39 is 72.4 Å². The van der Waals surface area contributed by atoms with Crippen LogP contribution in [0.4, 0.5) is 13.2 Å². The van der Waals surface area contributed by atoms with Crippen molar-refractivity contribution >= 4 is 61.5 Å². The van der Waals surface area contributed by atoms with Crippen molar-refractivity contribution in [2.75, 3.05) is 25.0 Å². The van der Waals surface area contributed by atoms with Crippen molar-refractivity contribution in [1.29, 1.82) is 0 Å². The highest BCUT2D eigenvalue weighted by atomic mass is 32.2. The van der Waals surface area contributed by atoms with Crippen LogP contribution in [0.3, 0.4) is 0 Å². The second kappa shape index (κ2) is 18.2. The van der Waals surface area contributed by atoms with Crippen LogP contribution in [0.2, 0.25) is 0 Å². The topological polar surface area (TPSA) is 228 Å². The number of hydrogen-bond acceptors (Lipinski definition) is 14. The molecule has 0 atom stereocenters. The summed E-state index contributed by atoms with van der Waals surface area (Å²) < 4.78 is 174. The molecule has 24 heteroatoms. The number of alkyl halides is 3. The second-order valence-electron chi connectivity index (χ2n) is 14.4. The molecule has 66 heavy (non-hydrogen) atoms. The van der Waals surface area contributed by atoms with E-state index in [-0.39, 0.29) is 23.0 Å². The molecule has 350 valence electrons. The fourth-order valence-corrected chi connectivity index (χ4v) is 11.0. The molecular formula is C42H36F3O15S6+. The minimum Gasteiger partial charge on any atom is -0.383 e. The number of benzene rings is 6. The summed E-state index contributed by atoms with van der Waals surface area (Å²) in [4.78, 5) is 2.39. The Morgan fingerprint density at radius 2 is 0.742 bits per heavy atom. The lowest BCUT2D eigenvalue weighted by Gasteiger charge is -2.34. The summed E-state index contributed by atoms with van der Waals surface area (Å²) in [6, 6.07) is 40.8. The smallest absolute Gasteiger partial charge is 0.383 e. The third-order valence-corrected chi connectivity index (χ3v) is 14.0. The zero-order valence-electron chi connectivity index (χ0n) is 34.5. The monoisotopic (exact) mass is 1030 g/mol. The maximum atomic E-state index is 12.0. The summed E-state index contributed by atoms with van der Waals surface area (Å²) in [5.74, 6) is 0.488. The molecule has 0 spiro atoms. The van der Waals surface area contributed by atoms with Gasteiger partial charge >= 0.3 is 56.1 Å². The van der Waals surface area contributed by atoms with Crippen LogP contribution in [-0.2, 0) is 66.9 Å². The fourth-order valence-electron chi connectivity index (χ4n) is 7.07. The average molecular weight is 1030 g/mol. The van der Waals surface area contributed by atoms with Crippen molar-refractivity contribution in [1.82, 2.24) is 0 Å². The second-order valence-corrected chi connectivity index (χ2v) is 24.1. The van der Waals surface area contributed by atoms with Gasteiger partial charge in [0.2, 0.25) is 0 Å². The molecular weight excluding hydrogens is 994 g/mol. The van der Waals surface area contributed by atoms with Crippen LogP contribution in [-0.4, -0.2) is 77.2 Å². The van der Waals surface area contributed by atoms with E-state index in [0.29, 0.717) is 0 Å². The van der Waals surface area contributed by atoms with Crippen LogP contribution in [0, 0.1) is 0 Å².